The molecular formula is C28H37N7O4. The van der Waals surface area contributed by atoms with Crippen LogP contribution >= 0.6 is 0 Å². The summed E-state index contributed by atoms with van der Waals surface area (Å²) >= 11 is 0. The van der Waals surface area contributed by atoms with Crippen molar-refractivity contribution in [2.45, 2.75) is 43.9 Å². The number of ether oxygens (including phenoxy) is 3. The molecule has 1 aromatic carbocycles. The summed E-state index contributed by atoms with van der Waals surface area (Å²) in [6.07, 6.45) is 7.32. The zero-order valence-electron chi connectivity index (χ0n) is 22.8. The number of nitrogen functional groups attached to an aromatic ring is 1. The number of hydrogen-bond acceptors (Lipinski definition) is 10. The van der Waals surface area contributed by atoms with E-state index in [1.54, 1.807) is 12.4 Å². The Morgan fingerprint density at radius 3 is 2.56 bits per heavy atom. The normalized spacial score (nSPS) is 21.5. The average Bonchev–Trinajstić information content (AvgIpc) is 3.37. The minimum Gasteiger partial charge on any atom is -0.433 e. The minimum atomic E-state index is -1.04. The summed E-state index contributed by atoms with van der Waals surface area (Å²) in [6, 6.07) is 6.40. The lowest BCUT2D eigenvalue weighted by molar-refractivity contribution is -0.184. The third kappa shape index (κ3) is 5.19. The van der Waals surface area contributed by atoms with Crippen LogP contribution in [0.2, 0.25) is 0 Å². The first-order chi connectivity index (χ1) is 18.7. The Morgan fingerprint density at radius 2 is 1.85 bits per heavy atom. The van der Waals surface area contributed by atoms with Crippen molar-refractivity contribution in [3.05, 3.63) is 42.4 Å². The molecular weight excluding hydrogens is 498 g/mol. The largest absolute Gasteiger partial charge is 0.433 e. The van der Waals surface area contributed by atoms with Gasteiger partial charge in [0.2, 0.25) is 0 Å². The lowest BCUT2D eigenvalue weighted by Gasteiger charge is -2.45. The van der Waals surface area contributed by atoms with Crippen molar-refractivity contribution in [1.82, 2.24) is 24.6 Å². The topological polar surface area (TPSA) is 124 Å². The van der Waals surface area contributed by atoms with Gasteiger partial charge in [0.25, 0.3) is 5.88 Å². The van der Waals surface area contributed by atoms with E-state index in [-0.39, 0.29) is 30.5 Å². The second kappa shape index (κ2) is 10.1. The molecule has 3 saturated heterocycles. The van der Waals surface area contributed by atoms with Gasteiger partial charge in [-0.05, 0) is 70.6 Å². The van der Waals surface area contributed by atoms with Crippen LogP contribution in [0.5, 0.6) is 11.6 Å². The van der Waals surface area contributed by atoms with Gasteiger partial charge in [-0.2, -0.15) is 5.10 Å². The molecule has 3 aliphatic heterocycles. The molecule has 0 radical (unpaired) electrons. The summed E-state index contributed by atoms with van der Waals surface area (Å²) in [4.78, 5) is 13.8. The third-order valence-electron chi connectivity index (χ3n) is 8.01. The number of aliphatic hydroxyl groups is 1. The SMILES string of the molecule is CN1CCC(n2cc(Oc3nc(-c4cc(N5CCOCC5(C)C)cc(C5(O)COC5)c4)cnc3N)cn2)CC1. The van der Waals surface area contributed by atoms with E-state index < -0.39 is 5.60 Å². The molecule has 3 N–H and O–H groups in total. The Bertz CT molecular complexity index is 1330. The van der Waals surface area contributed by atoms with Gasteiger partial charge < -0.3 is 34.9 Å². The average molecular weight is 536 g/mol. The van der Waals surface area contributed by atoms with E-state index >= 15 is 0 Å². The molecule has 0 amide bonds. The van der Waals surface area contributed by atoms with Gasteiger partial charge >= 0.3 is 0 Å². The number of benzene rings is 1. The highest BCUT2D eigenvalue weighted by Gasteiger charge is 2.39. The van der Waals surface area contributed by atoms with Crippen LogP contribution in [0.15, 0.2) is 36.8 Å². The monoisotopic (exact) mass is 535 g/mol. The molecule has 0 unspecified atom stereocenters. The molecule has 3 aromatic rings. The fraction of sp³-hybridized carbons (Fsp3) is 0.536. The van der Waals surface area contributed by atoms with Gasteiger partial charge in [-0.25, -0.2) is 9.97 Å². The number of nitrogens with zero attached hydrogens (tertiary/aromatic N) is 6. The van der Waals surface area contributed by atoms with Gasteiger partial charge in [0.15, 0.2) is 11.6 Å². The van der Waals surface area contributed by atoms with Crippen molar-refractivity contribution in [1.29, 1.82) is 0 Å². The number of piperidine rings is 1. The predicted molar refractivity (Wildman–Crippen MR) is 147 cm³/mol. The number of morpholine rings is 1. The number of anilines is 2. The van der Waals surface area contributed by atoms with Gasteiger partial charge in [-0.1, -0.05) is 0 Å². The molecule has 0 bridgehead atoms. The van der Waals surface area contributed by atoms with E-state index in [4.69, 9.17) is 24.9 Å². The summed E-state index contributed by atoms with van der Waals surface area (Å²) in [5.74, 6) is 0.986. The molecule has 11 heteroatoms. The molecule has 0 aliphatic carbocycles. The smallest absolute Gasteiger partial charge is 0.263 e. The molecule has 2 aromatic heterocycles. The Labute approximate surface area is 228 Å². The summed E-state index contributed by atoms with van der Waals surface area (Å²) < 4.78 is 19.2. The van der Waals surface area contributed by atoms with Crippen LogP contribution in [-0.4, -0.2) is 88.4 Å². The fourth-order valence-corrected chi connectivity index (χ4v) is 5.52. The predicted octanol–water partition coefficient (Wildman–Crippen LogP) is 2.81. The highest BCUT2D eigenvalue weighted by atomic mass is 16.5. The van der Waals surface area contributed by atoms with E-state index in [2.05, 4.69) is 46.8 Å². The van der Waals surface area contributed by atoms with Crippen molar-refractivity contribution in [2.75, 3.05) is 63.7 Å². The summed E-state index contributed by atoms with van der Waals surface area (Å²) in [7, 11) is 2.14. The highest BCUT2D eigenvalue weighted by Crippen LogP contribution is 2.38. The van der Waals surface area contributed by atoms with Crippen LogP contribution in [0.1, 0.15) is 38.3 Å². The minimum absolute atomic E-state index is 0.197. The van der Waals surface area contributed by atoms with E-state index in [1.165, 1.54) is 0 Å². The first kappa shape index (κ1) is 26.0. The van der Waals surface area contributed by atoms with Crippen molar-refractivity contribution in [3.8, 4) is 22.9 Å². The zero-order chi connectivity index (χ0) is 27.2. The van der Waals surface area contributed by atoms with Crippen LogP contribution < -0.4 is 15.4 Å². The Kier molecular flexibility index (Phi) is 6.70. The molecule has 0 saturated carbocycles. The highest BCUT2D eigenvalue weighted by molar-refractivity contribution is 5.69. The fourth-order valence-electron chi connectivity index (χ4n) is 5.52. The molecule has 39 heavy (non-hydrogen) atoms. The molecule has 0 spiro atoms. The quantitative estimate of drug-likeness (QED) is 0.487. The number of hydrogen-bond donors (Lipinski definition) is 2. The van der Waals surface area contributed by atoms with Crippen LogP contribution in [0.4, 0.5) is 11.5 Å². The van der Waals surface area contributed by atoms with Crippen molar-refractivity contribution >= 4 is 11.5 Å². The lowest BCUT2D eigenvalue weighted by Crippen LogP contribution is -2.53. The maximum atomic E-state index is 11.2. The maximum Gasteiger partial charge on any atom is 0.263 e. The molecule has 0 atom stereocenters. The van der Waals surface area contributed by atoms with E-state index in [0.29, 0.717) is 30.7 Å². The summed E-state index contributed by atoms with van der Waals surface area (Å²) in [5, 5.41) is 15.7. The molecule has 11 nitrogen and oxygen atoms in total. The number of aromatic nitrogens is 4. The van der Waals surface area contributed by atoms with Crippen LogP contribution in [0, 0.1) is 0 Å². The third-order valence-corrected chi connectivity index (χ3v) is 8.01. The zero-order valence-corrected chi connectivity index (χ0v) is 22.8. The van der Waals surface area contributed by atoms with Crippen molar-refractivity contribution in [2.24, 2.45) is 0 Å². The van der Waals surface area contributed by atoms with Gasteiger partial charge in [-0.3, -0.25) is 4.68 Å². The van der Waals surface area contributed by atoms with Crippen LogP contribution in [-0.2, 0) is 15.1 Å². The molecule has 3 aliphatic rings. The first-order valence-corrected chi connectivity index (χ1v) is 13.5. The summed E-state index contributed by atoms with van der Waals surface area (Å²) in [5.41, 5.74) is 8.11. The molecule has 5 heterocycles. The standard InChI is InChI=1S/C28H37N7O4/c1-27(2)16-37-9-8-34(27)22-11-19(10-20(12-22)28(36)17-38-18-28)24-14-30-25(29)26(32-24)39-23-13-31-35(15-23)21-4-6-33(3)7-5-21/h10-15,21,36H,4-9,16-18H2,1-3H3,(H2,29,30). The van der Waals surface area contributed by atoms with Crippen LogP contribution in [0.3, 0.4) is 0 Å². The summed E-state index contributed by atoms with van der Waals surface area (Å²) in [6.45, 7) is 8.91. The van der Waals surface area contributed by atoms with Crippen LogP contribution in [0.25, 0.3) is 11.3 Å². The van der Waals surface area contributed by atoms with E-state index in [1.807, 2.05) is 23.0 Å². The van der Waals surface area contributed by atoms with Crippen molar-refractivity contribution in [3.63, 3.8) is 0 Å². The number of likely N-dealkylation sites (tertiary alicyclic amines) is 1. The van der Waals surface area contributed by atoms with Gasteiger partial charge in [-0.15, -0.1) is 0 Å². The second-order valence-corrected chi connectivity index (χ2v) is 11.5. The number of rotatable bonds is 6. The van der Waals surface area contributed by atoms with E-state index in [9.17, 15) is 5.11 Å². The van der Waals surface area contributed by atoms with Gasteiger partial charge in [0.05, 0.1) is 62.3 Å². The lowest BCUT2D eigenvalue weighted by atomic mass is 9.89. The molecule has 6 rings (SSSR count). The Balaban J connectivity index is 1.31. The van der Waals surface area contributed by atoms with Gasteiger partial charge in [0.1, 0.15) is 5.60 Å². The molecule has 3 fully saturated rings. The molecule has 208 valence electrons. The maximum absolute atomic E-state index is 11.2. The van der Waals surface area contributed by atoms with Crippen molar-refractivity contribution < 1.29 is 19.3 Å². The first-order valence-electron chi connectivity index (χ1n) is 13.5. The Morgan fingerprint density at radius 1 is 1.05 bits per heavy atom. The van der Waals surface area contributed by atoms with Gasteiger partial charge in [0, 0.05) is 17.8 Å². The Hall–Kier alpha value is -3.25. The van der Waals surface area contributed by atoms with E-state index in [0.717, 1.165) is 49.3 Å². The second-order valence-electron chi connectivity index (χ2n) is 11.5. The number of nitrogens with two attached hydrogens (primary N) is 1.